The normalized spacial score (nSPS) is 16.4. The molecule has 15 heavy (non-hydrogen) atoms. The van der Waals surface area contributed by atoms with Crippen molar-refractivity contribution < 1.29 is 12.8 Å². The predicted molar refractivity (Wildman–Crippen MR) is 54.4 cm³/mol. The second-order valence-electron chi connectivity index (χ2n) is 3.60. The van der Waals surface area contributed by atoms with Crippen LogP contribution in [-0.2, 0) is 10.0 Å². The van der Waals surface area contributed by atoms with Gasteiger partial charge in [0.25, 0.3) is 0 Å². The van der Waals surface area contributed by atoms with Crippen molar-refractivity contribution in [1.29, 1.82) is 0 Å². The first kappa shape index (κ1) is 10.4. The average Bonchev–Trinajstić information content (AvgIpc) is 2.85. The largest absolute Gasteiger partial charge is 0.381 e. The zero-order chi connectivity index (χ0) is 11.1. The second-order valence-corrected chi connectivity index (χ2v) is 5.13. The molecular weight excluding hydrogens is 219 g/mol. The van der Waals surface area contributed by atoms with E-state index in [1.807, 2.05) is 0 Å². The lowest BCUT2D eigenvalue weighted by atomic mass is 10.3. The van der Waals surface area contributed by atoms with E-state index in [0.29, 0.717) is 0 Å². The molecule has 82 valence electrons. The minimum atomic E-state index is -3.80. The Morgan fingerprint density at radius 3 is 2.60 bits per heavy atom. The summed E-state index contributed by atoms with van der Waals surface area (Å²) >= 11 is 0. The topological polar surface area (TPSA) is 72.2 Å². The van der Waals surface area contributed by atoms with Crippen molar-refractivity contribution in [3.05, 3.63) is 24.0 Å². The van der Waals surface area contributed by atoms with Gasteiger partial charge in [-0.05, 0) is 31.0 Å². The first-order valence-electron chi connectivity index (χ1n) is 4.56. The van der Waals surface area contributed by atoms with Crippen LogP contribution in [0.4, 0.5) is 10.1 Å². The molecule has 1 fully saturated rings. The number of nitrogens with one attached hydrogen (secondary N) is 1. The van der Waals surface area contributed by atoms with Gasteiger partial charge in [0, 0.05) is 6.04 Å². The molecule has 4 nitrogen and oxygen atoms in total. The maximum absolute atomic E-state index is 12.9. The van der Waals surface area contributed by atoms with Gasteiger partial charge in [-0.25, -0.2) is 17.9 Å². The number of hydrogen-bond donors (Lipinski definition) is 2. The van der Waals surface area contributed by atoms with Crippen LogP contribution in [0.1, 0.15) is 12.8 Å². The van der Waals surface area contributed by atoms with Crippen LogP contribution in [0.15, 0.2) is 23.1 Å². The van der Waals surface area contributed by atoms with Crippen molar-refractivity contribution in [2.24, 2.45) is 5.14 Å². The number of sulfonamides is 1. The Morgan fingerprint density at radius 2 is 2.07 bits per heavy atom. The highest BCUT2D eigenvalue weighted by Crippen LogP contribution is 2.28. The van der Waals surface area contributed by atoms with Crippen LogP contribution in [0, 0.1) is 5.82 Å². The molecule has 1 aromatic rings. The Hall–Kier alpha value is -1.14. The van der Waals surface area contributed by atoms with Crippen molar-refractivity contribution in [2.75, 3.05) is 5.32 Å². The summed E-state index contributed by atoms with van der Waals surface area (Å²) in [4.78, 5) is -0.0594. The lowest BCUT2D eigenvalue weighted by Gasteiger charge is -2.09. The van der Waals surface area contributed by atoms with E-state index in [-0.39, 0.29) is 16.6 Å². The monoisotopic (exact) mass is 230 g/mol. The van der Waals surface area contributed by atoms with Crippen molar-refractivity contribution in [3.8, 4) is 0 Å². The fourth-order valence-corrected chi connectivity index (χ4v) is 1.99. The molecule has 0 aromatic heterocycles. The fraction of sp³-hybridized carbons (Fsp3) is 0.333. The van der Waals surface area contributed by atoms with Crippen LogP contribution in [0.5, 0.6) is 0 Å². The number of anilines is 1. The van der Waals surface area contributed by atoms with Gasteiger partial charge < -0.3 is 5.32 Å². The summed E-state index contributed by atoms with van der Waals surface area (Å²) in [7, 11) is -3.80. The summed E-state index contributed by atoms with van der Waals surface area (Å²) in [5, 5.41) is 7.95. The summed E-state index contributed by atoms with van der Waals surface area (Å²) in [5.74, 6) is -0.481. The Kier molecular flexibility index (Phi) is 2.40. The van der Waals surface area contributed by atoms with E-state index in [4.69, 9.17) is 5.14 Å². The summed E-state index contributed by atoms with van der Waals surface area (Å²) in [5.41, 5.74) is 0.250. The van der Waals surface area contributed by atoms with Crippen LogP contribution in [0.25, 0.3) is 0 Å². The van der Waals surface area contributed by atoms with E-state index >= 15 is 0 Å². The van der Waals surface area contributed by atoms with Gasteiger partial charge in [-0.15, -0.1) is 0 Å². The molecule has 0 radical (unpaired) electrons. The molecule has 1 aliphatic carbocycles. The standard InChI is InChI=1S/C9H11FN2O2S/c10-6-1-4-9(15(11,13)14)8(5-6)12-7-2-3-7/h1,4-5,7,12H,2-3H2,(H2,11,13,14). The molecule has 1 aromatic carbocycles. The van der Waals surface area contributed by atoms with Gasteiger partial charge >= 0.3 is 0 Å². The van der Waals surface area contributed by atoms with Gasteiger partial charge in [-0.1, -0.05) is 0 Å². The highest BCUT2D eigenvalue weighted by molar-refractivity contribution is 7.89. The minimum Gasteiger partial charge on any atom is -0.381 e. The van der Waals surface area contributed by atoms with Crippen molar-refractivity contribution in [2.45, 2.75) is 23.8 Å². The second kappa shape index (κ2) is 3.46. The van der Waals surface area contributed by atoms with Crippen molar-refractivity contribution in [3.63, 3.8) is 0 Å². The third-order valence-corrected chi connectivity index (χ3v) is 3.15. The van der Waals surface area contributed by atoms with Crippen molar-refractivity contribution >= 4 is 15.7 Å². The summed E-state index contributed by atoms with van der Waals surface area (Å²) in [6.07, 6.45) is 1.95. The Bertz CT molecular complexity index is 483. The maximum atomic E-state index is 12.9. The average molecular weight is 230 g/mol. The lowest BCUT2D eigenvalue weighted by molar-refractivity contribution is 0.597. The fourth-order valence-electron chi connectivity index (χ4n) is 1.31. The zero-order valence-corrected chi connectivity index (χ0v) is 8.72. The van der Waals surface area contributed by atoms with E-state index in [9.17, 15) is 12.8 Å². The van der Waals surface area contributed by atoms with E-state index in [0.717, 1.165) is 25.0 Å². The van der Waals surface area contributed by atoms with Crippen LogP contribution in [-0.4, -0.2) is 14.5 Å². The predicted octanol–water partition coefficient (Wildman–Crippen LogP) is 1.05. The third kappa shape index (κ3) is 2.45. The number of nitrogens with two attached hydrogens (primary N) is 1. The molecule has 0 unspecified atom stereocenters. The van der Waals surface area contributed by atoms with Crippen LogP contribution in [0.3, 0.4) is 0 Å². The van der Waals surface area contributed by atoms with Crippen LogP contribution in [0.2, 0.25) is 0 Å². The molecule has 0 spiro atoms. The summed E-state index contributed by atoms with van der Waals surface area (Å²) < 4.78 is 35.3. The van der Waals surface area contributed by atoms with Crippen LogP contribution < -0.4 is 10.5 Å². The molecule has 0 bridgehead atoms. The van der Waals surface area contributed by atoms with Crippen LogP contribution >= 0.6 is 0 Å². The Balaban J connectivity index is 2.43. The van der Waals surface area contributed by atoms with Gasteiger partial charge in [-0.3, -0.25) is 0 Å². The van der Waals surface area contributed by atoms with E-state index < -0.39 is 15.8 Å². The Labute approximate surface area is 87.3 Å². The van der Waals surface area contributed by atoms with Gasteiger partial charge in [0.1, 0.15) is 10.7 Å². The first-order valence-corrected chi connectivity index (χ1v) is 6.10. The zero-order valence-electron chi connectivity index (χ0n) is 7.90. The maximum Gasteiger partial charge on any atom is 0.240 e. The quantitative estimate of drug-likeness (QED) is 0.815. The number of primary sulfonamides is 1. The number of halogens is 1. The van der Waals surface area contributed by atoms with E-state index in [1.165, 1.54) is 6.07 Å². The smallest absolute Gasteiger partial charge is 0.240 e. The minimum absolute atomic E-state index is 0.0594. The summed E-state index contributed by atoms with van der Waals surface area (Å²) in [6.45, 7) is 0. The lowest BCUT2D eigenvalue weighted by Crippen LogP contribution is -2.15. The van der Waals surface area contributed by atoms with E-state index in [2.05, 4.69) is 5.32 Å². The third-order valence-electron chi connectivity index (χ3n) is 2.19. The molecule has 0 heterocycles. The number of rotatable bonds is 3. The molecule has 2 rings (SSSR count). The molecule has 1 aliphatic rings. The van der Waals surface area contributed by atoms with Gasteiger partial charge in [0.2, 0.25) is 10.0 Å². The first-order chi connectivity index (χ1) is 6.97. The molecule has 6 heteroatoms. The van der Waals surface area contributed by atoms with Gasteiger partial charge in [0.15, 0.2) is 0 Å². The molecule has 0 saturated heterocycles. The van der Waals surface area contributed by atoms with E-state index in [1.54, 1.807) is 0 Å². The highest BCUT2D eigenvalue weighted by atomic mass is 32.2. The van der Waals surface area contributed by atoms with Crippen molar-refractivity contribution in [1.82, 2.24) is 0 Å². The number of hydrogen-bond acceptors (Lipinski definition) is 3. The SMILES string of the molecule is NS(=O)(=O)c1ccc(F)cc1NC1CC1. The molecule has 0 amide bonds. The van der Waals surface area contributed by atoms with Gasteiger partial charge in [-0.2, -0.15) is 0 Å². The molecule has 1 saturated carbocycles. The molecule has 0 atom stereocenters. The summed E-state index contributed by atoms with van der Waals surface area (Å²) in [6, 6.07) is 3.65. The highest BCUT2D eigenvalue weighted by Gasteiger charge is 2.24. The molecule has 3 N–H and O–H groups in total. The van der Waals surface area contributed by atoms with Gasteiger partial charge in [0.05, 0.1) is 5.69 Å². The number of benzene rings is 1. The molecular formula is C9H11FN2O2S. The Morgan fingerprint density at radius 1 is 1.40 bits per heavy atom. The molecule has 0 aliphatic heterocycles.